The van der Waals surface area contributed by atoms with Crippen LogP contribution in [0.4, 0.5) is 30.6 Å². The van der Waals surface area contributed by atoms with E-state index in [0.29, 0.717) is 11.2 Å². The summed E-state index contributed by atoms with van der Waals surface area (Å²) in [5.41, 5.74) is 1.91. The first-order valence-electron chi connectivity index (χ1n) is 8.82. The van der Waals surface area contributed by atoms with Crippen LogP contribution < -0.4 is 16.1 Å². The summed E-state index contributed by atoms with van der Waals surface area (Å²) in [5.74, 6) is -0.285. The number of hydrogen-bond acceptors (Lipinski definition) is 6. The van der Waals surface area contributed by atoms with Gasteiger partial charge in [-0.1, -0.05) is 36.4 Å². The fraction of sp³-hybridized carbons (Fsp3) is 0.158. The van der Waals surface area contributed by atoms with Crippen LogP contribution in [0.3, 0.4) is 0 Å². The zero-order valence-electron chi connectivity index (χ0n) is 15.1. The van der Waals surface area contributed by atoms with Crippen molar-refractivity contribution in [2.45, 2.75) is 19.3 Å². The number of hydrogen-bond donors (Lipinski definition) is 3. The minimum Gasteiger partial charge on any atom is -0.423 e. The summed E-state index contributed by atoms with van der Waals surface area (Å²) < 4.78 is 45.2. The molecule has 0 amide bonds. The quantitative estimate of drug-likeness (QED) is 0.572. The monoisotopic (exact) mass is 400 g/mol. The predicted octanol–water partition coefficient (Wildman–Crippen LogP) is 3.07. The van der Waals surface area contributed by atoms with Crippen LogP contribution in [-0.4, -0.2) is 22.1 Å². The lowest BCUT2D eigenvalue weighted by atomic mass is 9.79. The van der Waals surface area contributed by atoms with Gasteiger partial charge in [0, 0.05) is 18.4 Å². The van der Waals surface area contributed by atoms with Gasteiger partial charge in [0.15, 0.2) is 0 Å². The number of alkyl halides is 3. The summed E-state index contributed by atoms with van der Waals surface area (Å²) >= 11 is 0. The minimum atomic E-state index is -4.58. The number of nitrogens with zero attached hydrogens (tertiary/aromatic N) is 2. The molecule has 0 radical (unpaired) electrons. The van der Waals surface area contributed by atoms with Crippen LogP contribution in [-0.2, 0) is 24.0 Å². The van der Waals surface area contributed by atoms with Gasteiger partial charge in [0.1, 0.15) is 11.4 Å². The van der Waals surface area contributed by atoms with Crippen LogP contribution in [0.2, 0.25) is 0 Å². The second-order valence-corrected chi connectivity index (χ2v) is 6.49. The van der Waals surface area contributed by atoms with Gasteiger partial charge in [-0.3, -0.25) is 0 Å². The van der Waals surface area contributed by atoms with E-state index in [2.05, 4.69) is 20.6 Å². The molecular weight excluding hydrogens is 384 g/mol. The Morgan fingerprint density at radius 3 is 2.69 bits per heavy atom. The Labute approximate surface area is 164 Å². The van der Waals surface area contributed by atoms with E-state index in [1.807, 2.05) is 30.3 Å². The average molecular weight is 400 g/mol. The Morgan fingerprint density at radius 1 is 1.14 bits per heavy atom. The Kier molecular flexibility index (Phi) is 5.12. The zero-order valence-corrected chi connectivity index (χ0v) is 15.1. The van der Waals surface area contributed by atoms with Crippen molar-refractivity contribution in [3.63, 3.8) is 0 Å². The summed E-state index contributed by atoms with van der Waals surface area (Å²) in [7, 11) is -0.963. The van der Waals surface area contributed by atoms with Gasteiger partial charge in [-0.05, 0) is 28.7 Å². The number of nitrogens with one attached hydrogen (secondary N) is 2. The van der Waals surface area contributed by atoms with E-state index in [-0.39, 0.29) is 24.9 Å². The van der Waals surface area contributed by atoms with E-state index < -0.39 is 18.9 Å². The van der Waals surface area contributed by atoms with Gasteiger partial charge >= 0.3 is 13.3 Å². The van der Waals surface area contributed by atoms with Crippen molar-refractivity contribution < 1.29 is 22.8 Å². The van der Waals surface area contributed by atoms with Crippen LogP contribution in [0.1, 0.15) is 16.7 Å². The summed E-state index contributed by atoms with van der Waals surface area (Å²) in [5, 5.41) is 15.3. The summed E-state index contributed by atoms with van der Waals surface area (Å²) in [4.78, 5) is 7.83. The largest absolute Gasteiger partial charge is 0.491 e. The Balaban J connectivity index is 1.58. The topological polar surface area (TPSA) is 79.3 Å². The molecule has 6 nitrogen and oxygen atoms in total. The molecule has 0 spiro atoms. The third-order valence-corrected chi connectivity index (χ3v) is 4.46. The van der Waals surface area contributed by atoms with Crippen LogP contribution in [0.25, 0.3) is 0 Å². The molecule has 0 fully saturated rings. The molecular formula is C19H16BF3N4O2. The second kappa shape index (κ2) is 7.73. The minimum absolute atomic E-state index is 0.0213. The number of rotatable bonds is 5. The SMILES string of the molecule is OB1OCc2cc(Nc3ncc(C(F)(F)F)c(NCc4ccccc4)n3)ccc21. The van der Waals surface area contributed by atoms with Crippen molar-refractivity contribution in [1.29, 1.82) is 0 Å². The number of anilines is 3. The van der Waals surface area contributed by atoms with Gasteiger partial charge in [0.2, 0.25) is 5.95 Å². The predicted molar refractivity (Wildman–Crippen MR) is 103 cm³/mol. The van der Waals surface area contributed by atoms with Gasteiger partial charge in [0.05, 0.1) is 6.61 Å². The van der Waals surface area contributed by atoms with Crippen molar-refractivity contribution in [3.8, 4) is 0 Å². The third kappa shape index (κ3) is 4.33. The number of aromatic nitrogens is 2. The standard InChI is InChI=1S/C19H16BF3N4O2/c21-19(22,23)15-10-25-18(27-17(15)24-9-12-4-2-1-3-5-12)26-14-6-7-16-13(8-14)11-29-20(16)28/h1-8,10,28H,9,11H2,(H2,24,25,26,27). The highest BCUT2D eigenvalue weighted by Crippen LogP contribution is 2.34. The van der Waals surface area contributed by atoms with Crippen molar-refractivity contribution >= 4 is 30.0 Å². The second-order valence-electron chi connectivity index (χ2n) is 6.49. The lowest BCUT2D eigenvalue weighted by molar-refractivity contribution is -0.137. The highest BCUT2D eigenvalue weighted by molar-refractivity contribution is 6.61. The van der Waals surface area contributed by atoms with E-state index in [1.165, 1.54) is 0 Å². The molecule has 4 rings (SSSR count). The molecule has 2 aromatic carbocycles. The molecule has 0 atom stereocenters. The summed E-state index contributed by atoms with van der Waals surface area (Å²) in [6, 6.07) is 14.2. The van der Waals surface area contributed by atoms with Crippen LogP contribution in [0.5, 0.6) is 0 Å². The highest BCUT2D eigenvalue weighted by atomic mass is 19.4. The zero-order chi connectivity index (χ0) is 20.4. The smallest absolute Gasteiger partial charge is 0.423 e. The van der Waals surface area contributed by atoms with Gasteiger partial charge < -0.3 is 20.3 Å². The molecule has 10 heteroatoms. The van der Waals surface area contributed by atoms with Crippen LogP contribution in [0, 0.1) is 0 Å². The molecule has 29 heavy (non-hydrogen) atoms. The fourth-order valence-electron chi connectivity index (χ4n) is 3.00. The fourth-order valence-corrected chi connectivity index (χ4v) is 3.00. The Hall–Kier alpha value is -3.11. The van der Waals surface area contributed by atoms with Crippen molar-refractivity contribution in [2.75, 3.05) is 10.6 Å². The molecule has 1 aromatic heterocycles. The molecule has 0 unspecified atom stereocenters. The van der Waals surface area contributed by atoms with Crippen molar-refractivity contribution in [2.24, 2.45) is 0 Å². The van der Waals surface area contributed by atoms with E-state index in [0.717, 1.165) is 17.3 Å². The Morgan fingerprint density at radius 2 is 1.93 bits per heavy atom. The molecule has 1 aliphatic rings. The molecule has 0 saturated carbocycles. The van der Waals surface area contributed by atoms with Crippen molar-refractivity contribution in [3.05, 3.63) is 71.4 Å². The molecule has 0 saturated heterocycles. The van der Waals surface area contributed by atoms with Crippen molar-refractivity contribution in [1.82, 2.24) is 9.97 Å². The van der Waals surface area contributed by atoms with E-state index in [4.69, 9.17) is 4.65 Å². The molecule has 0 aliphatic carbocycles. The first kappa shape index (κ1) is 19.2. The normalized spacial score (nSPS) is 13.3. The van der Waals surface area contributed by atoms with Gasteiger partial charge in [-0.15, -0.1) is 0 Å². The molecule has 0 bridgehead atoms. The van der Waals surface area contributed by atoms with Crippen LogP contribution >= 0.6 is 0 Å². The molecule has 1 aliphatic heterocycles. The van der Waals surface area contributed by atoms with Crippen LogP contribution in [0.15, 0.2) is 54.7 Å². The lowest BCUT2D eigenvalue weighted by Crippen LogP contribution is -2.27. The molecule has 3 aromatic rings. The van der Waals surface area contributed by atoms with E-state index >= 15 is 0 Å². The summed E-state index contributed by atoms with van der Waals surface area (Å²) in [6.45, 7) is 0.443. The molecule has 3 N–H and O–H groups in total. The van der Waals surface area contributed by atoms with Gasteiger partial charge in [0.25, 0.3) is 0 Å². The van der Waals surface area contributed by atoms with Gasteiger partial charge in [-0.25, -0.2) is 4.98 Å². The van der Waals surface area contributed by atoms with E-state index in [9.17, 15) is 18.2 Å². The number of benzene rings is 2. The highest BCUT2D eigenvalue weighted by Gasteiger charge is 2.35. The number of halogens is 3. The summed E-state index contributed by atoms with van der Waals surface area (Å²) in [6.07, 6.45) is -3.83. The maximum absolute atomic E-state index is 13.3. The third-order valence-electron chi connectivity index (χ3n) is 4.46. The van der Waals surface area contributed by atoms with E-state index in [1.54, 1.807) is 18.2 Å². The molecule has 2 heterocycles. The average Bonchev–Trinajstić information content (AvgIpc) is 3.07. The molecule has 148 valence electrons. The maximum atomic E-state index is 13.3. The maximum Gasteiger partial charge on any atom is 0.491 e. The first-order valence-corrected chi connectivity index (χ1v) is 8.82. The Bertz CT molecular complexity index is 1020. The van der Waals surface area contributed by atoms with Gasteiger partial charge in [-0.2, -0.15) is 18.2 Å². The first-order chi connectivity index (χ1) is 13.9. The number of fused-ring (bicyclic) bond motifs is 1. The lowest BCUT2D eigenvalue weighted by Gasteiger charge is -2.15.